The molecule has 1 aromatic carbocycles. The van der Waals surface area contributed by atoms with Crippen LogP contribution in [0, 0.1) is 5.82 Å². The van der Waals surface area contributed by atoms with Crippen LogP contribution in [0.5, 0.6) is 0 Å². The Morgan fingerprint density at radius 3 is 2.92 bits per heavy atom. The predicted molar refractivity (Wildman–Crippen MR) is 105 cm³/mol. The number of carbonyl (C=O) groups excluding carboxylic acids is 1. The number of thioether (sulfide) groups is 1. The zero-order chi connectivity index (χ0) is 17.3. The van der Waals surface area contributed by atoms with Crippen molar-refractivity contribution in [3.05, 3.63) is 39.6 Å². The fraction of sp³-hybridized carbons (Fsp3) is 0.412. The van der Waals surface area contributed by atoms with Crippen molar-refractivity contribution in [2.75, 3.05) is 11.4 Å². The van der Waals surface area contributed by atoms with Crippen molar-refractivity contribution in [3.63, 3.8) is 0 Å². The van der Waals surface area contributed by atoms with Crippen LogP contribution in [0.1, 0.15) is 32.6 Å². The van der Waals surface area contributed by atoms with E-state index < -0.39 is 5.82 Å². The van der Waals surface area contributed by atoms with Crippen molar-refractivity contribution in [2.45, 2.75) is 38.0 Å². The summed E-state index contributed by atoms with van der Waals surface area (Å²) in [5.74, 6) is -0.486. The van der Waals surface area contributed by atoms with E-state index in [1.165, 1.54) is 17.8 Å². The van der Waals surface area contributed by atoms with Gasteiger partial charge < -0.3 is 5.32 Å². The molecule has 1 atom stereocenters. The first-order valence-electron chi connectivity index (χ1n) is 7.98. The van der Waals surface area contributed by atoms with Crippen LogP contribution >= 0.6 is 39.9 Å². The third kappa shape index (κ3) is 3.39. The third-order valence-corrected chi connectivity index (χ3v) is 6.23. The Morgan fingerprint density at radius 1 is 1.46 bits per heavy atom. The number of hydrogen-bond acceptors (Lipinski definition) is 3. The van der Waals surface area contributed by atoms with Gasteiger partial charge in [0.15, 0.2) is 0 Å². The molecule has 1 amide bonds. The average molecular weight is 429 g/mol. The normalized spacial score (nSPS) is 20.4. The summed E-state index contributed by atoms with van der Waals surface area (Å²) in [7, 11) is 0. The Morgan fingerprint density at radius 2 is 2.21 bits per heavy atom. The lowest BCUT2D eigenvalue weighted by atomic mass is 9.94. The van der Waals surface area contributed by atoms with E-state index in [4.69, 9.17) is 12.2 Å². The van der Waals surface area contributed by atoms with E-state index in [1.54, 1.807) is 17.0 Å². The van der Waals surface area contributed by atoms with Crippen LogP contribution in [0.3, 0.4) is 0 Å². The standard InChI is InChI=1S/C17H18BrFN2OS2/c1-2-20-17(23)24-16-12-6-4-3-5-11(12)15(22)21(16)14-8-7-10(18)9-13(14)19/h7-9,16H,2-6H2,1H3,(H,20,23). The molecular formula is C17H18BrFN2OS2. The first kappa shape index (κ1) is 17.9. The fourth-order valence-electron chi connectivity index (χ4n) is 3.18. The maximum atomic E-state index is 14.5. The summed E-state index contributed by atoms with van der Waals surface area (Å²) in [6.07, 6.45) is 3.72. The molecule has 0 spiro atoms. The second-order valence-electron chi connectivity index (χ2n) is 5.77. The topological polar surface area (TPSA) is 32.3 Å². The van der Waals surface area contributed by atoms with Gasteiger partial charge in [-0.15, -0.1) is 0 Å². The minimum Gasteiger partial charge on any atom is -0.371 e. The fourth-order valence-corrected chi connectivity index (χ4v) is 5.08. The number of nitrogens with zero attached hydrogens (tertiary/aromatic N) is 1. The summed E-state index contributed by atoms with van der Waals surface area (Å²) in [6, 6.07) is 4.80. The number of carbonyl (C=O) groups is 1. The predicted octanol–water partition coefficient (Wildman–Crippen LogP) is 4.76. The highest BCUT2D eigenvalue weighted by atomic mass is 79.9. The molecule has 1 heterocycles. The SMILES string of the molecule is CCNC(=S)SC1C2=C(CCCC2)C(=O)N1c1ccc(Br)cc1F. The Kier molecular flexibility index (Phi) is 5.62. The summed E-state index contributed by atoms with van der Waals surface area (Å²) in [6.45, 7) is 2.70. The second kappa shape index (κ2) is 7.54. The van der Waals surface area contributed by atoms with E-state index in [1.807, 2.05) is 6.92 Å². The summed E-state index contributed by atoms with van der Waals surface area (Å²) in [5, 5.41) is 2.86. The van der Waals surface area contributed by atoms with Crippen molar-refractivity contribution in [1.29, 1.82) is 0 Å². The third-order valence-electron chi connectivity index (χ3n) is 4.23. The van der Waals surface area contributed by atoms with Gasteiger partial charge in [0.05, 0.1) is 5.69 Å². The molecule has 2 aliphatic rings. The van der Waals surface area contributed by atoms with E-state index >= 15 is 0 Å². The molecule has 1 unspecified atom stereocenters. The Labute approximate surface area is 159 Å². The zero-order valence-corrected chi connectivity index (χ0v) is 16.5. The molecule has 128 valence electrons. The lowest BCUT2D eigenvalue weighted by molar-refractivity contribution is -0.114. The van der Waals surface area contributed by atoms with Crippen LogP contribution in [0.4, 0.5) is 10.1 Å². The van der Waals surface area contributed by atoms with Crippen LogP contribution in [-0.2, 0) is 4.79 Å². The van der Waals surface area contributed by atoms with E-state index in [2.05, 4.69) is 21.2 Å². The minimum absolute atomic E-state index is 0.0808. The van der Waals surface area contributed by atoms with Crippen molar-refractivity contribution < 1.29 is 9.18 Å². The van der Waals surface area contributed by atoms with Gasteiger partial charge in [0.1, 0.15) is 15.5 Å². The molecule has 0 saturated heterocycles. The van der Waals surface area contributed by atoms with Gasteiger partial charge in [0.2, 0.25) is 0 Å². The minimum atomic E-state index is -0.405. The van der Waals surface area contributed by atoms with E-state index in [-0.39, 0.29) is 11.3 Å². The molecule has 0 saturated carbocycles. The van der Waals surface area contributed by atoms with Gasteiger partial charge in [0, 0.05) is 16.6 Å². The highest BCUT2D eigenvalue weighted by Gasteiger charge is 2.42. The summed E-state index contributed by atoms with van der Waals surface area (Å²) in [5.41, 5.74) is 2.27. The molecule has 1 N–H and O–H groups in total. The highest BCUT2D eigenvalue weighted by molar-refractivity contribution is 9.10. The van der Waals surface area contributed by atoms with Crippen LogP contribution < -0.4 is 10.2 Å². The Bertz CT molecular complexity index is 723. The summed E-state index contributed by atoms with van der Waals surface area (Å²) < 4.78 is 15.8. The molecule has 7 heteroatoms. The smallest absolute Gasteiger partial charge is 0.255 e. The molecule has 1 aromatic rings. The van der Waals surface area contributed by atoms with E-state index in [0.29, 0.717) is 14.5 Å². The number of rotatable bonds is 3. The number of anilines is 1. The number of thiocarbonyl (C=S) groups is 1. The maximum absolute atomic E-state index is 14.5. The van der Waals surface area contributed by atoms with E-state index in [0.717, 1.165) is 43.4 Å². The van der Waals surface area contributed by atoms with Gasteiger partial charge in [-0.05, 0) is 56.4 Å². The lowest BCUT2D eigenvalue weighted by Crippen LogP contribution is -2.36. The molecule has 1 aliphatic carbocycles. The molecular weight excluding hydrogens is 411 g/mol. The molecule has 0 fully saturated rings. The van der Waals surface area contributed by atoms with Crippen LogP contribution in [0.2, 0.25) is 0 Å². The van der Waals surface area contributed by atoms with Gasteiger partial charge >= 0.3 is 0 Å². The first-order chi connectivity index (χ1) is 11.5. The Balaban J connectivity index is 1.99. The van der Waals surface area contributed by atoms with Crippen LogP contribution in [-0.4, -0.2) is 22.1 Å². The number of halogens is 2. The van der Waals surface area contributed by atoms with Gasteiger partial charge in [-0.2, -0.15) is 0 Å². The highest BCUT2D eigenvalue weighted by Crippen LogP contribution is 2.44. The Hall–Kier alpha value is -0.920. The summed E-state index contributed by atoms with van der Waals surface area (Å²) >= 11 is 10.1. The quantitative estimate of drug-likeness (QED) is 0.703. The lowest BCUT2D eigenvalue weighted by Gasteiger charge is -2.27. The molecule has 24 heavy (non-hydrogen) atoms. The molecule has 3 nitrogen and oxygen atoms in total. The van der Waals surface area contributed by atoms with E-state index in [9.17, 15) is 9.18 Å². The van der Waals surface area contributed by atoms with Gasteiger partial charge in [-0.1, -0.05) is 39.9 Å². The second-order valence-corrected chi connectivity index (χ2v) is 8.44. The monoisotopic (exact) mass is 428 g/mol. The van der Waals surface area contributed by atoms with Gasteiger partial charge in [-0.3, -0.25) is 9.69 Å². The molecule has 3 rings (SSSR count). The van der Waals surface area contributed by atoms with Crippen molar-refractivity contribution in [3.8, 4) is 0 Å². The number of benzene rings is 1. The number of nitrogens with one attached hydrogen (secondary N) is 1. The molecule has 0 radical (unpaired) electrons. The van der Waals surface area contributed by atoms with Crippen molar-refractivity contribution in [2.24, 2.45) is 0 Å². The van der Waals surface area contributed by atoms with Crippen molar-refractivity contribution in [1.82, 2.24) is 5.32 Å². The van der Waals surface area contributed by atoms with Gasteiger partial charge in [0.25, 0.3) is 5.91 Å². The zero-order valence-electron chi connectivity index (χ0n) is 13.3. The first-order valence-corrected chi connectivity index (χ1v) is 10.1. The largest absolute Gasteiger partial charge is 0.371 e. The molecule has 0 aromatic heterocycles. The van der Waals surface area contributed by atoms with Crippen LogP contribution in [0.25, 0.3) is 0 Å². The molecule has 0 bridgehead atoms. The van der Waals surface area contributed by atoms with Gasteiger partial charge in [-0.25, -0.2) is 4.39 Å². The summed E-state index contributed by atoms with van der Waals surface area (Å²) in [4.78, 5) is 14.5. The number of amides is 1. The van der Waals surface area contributed by atoms with Crippen LogP contribution in [0.15, 0.2) is 33.8 Å². The molecule has 1 aliphatic heterocycles. The average Bonchev–Trinajstić information content (AvgIpc) is 2.81. The number of hydrogen-bond donors (Lipinski definition) is 1. The van der Waals surface area contributed by atoms with Crippen molar-refractivity contribution >= 4 is 55.8 Å². The maximum Gasteiger partial charge on any atom is 0.255 e.